The maximum absolute atomic E-state index is 12.4. The molecule has 1 aromatic heterocycles. The number of nitrogens with one attached hydrogen (secondary N) is 1. The number of nitrogens with zero attached hydrogens (tertiary/aromatic N) is 1. The van der Waals surface area contributed by atoms with Crippen LogP contribution >= 0.6 is 11.3 Å². The highest BCUT2D eigenvalue weighted by Crippen LogP contribution is 2.25. The van der Waals surface area contributed by atoms with Gasteiger partial charge in [-0.25, -0.2) is 14.6 Å². The van der Waals surface area contributed by atoms with E-state index in [1.807, 2.05) is 27.7 Å². The summed E-state index contributed by atoms with van der Waals surface area (Å²) in [5.41, 5.74) is 0.136. The van der Waals surface area contributed by atoms with Crippen LogP contribution in [0.25, 0.3) is 0 Å². The van der Waals surface area contributed by atoms with Gasteiger partial charge in [0.15, 0.2) is 0 Å². The third-order valence-corrected chi connectivity index (χ3v) is 4.80. The molecule has 1 amide bonds. The minimum Gasteiger partial charge on any atom is -0.456 e. The lowest BCUT2D eigenvalue weighted by Gasteiger charge is -2.32. The Labute approximate surface area is 146 Å². The number of ether oxygens (including phenoxy) is 2. The van der Waals surface area contributed by atoms with Crippen LogP contribution < -0.4 is 5.32 Å². The van der Waals surface area contributed by atoms with Crippen molar-refractivity contribution < 1.29 is 19.1 Å². The number of alkyl carbamates (subject to hydrolysis) is 1. The SMILES string of the molecule is Cc1nc(C)c(C(=O)O[C@@H]2CCCC[C@H]2NC(=O)OC(C)(C)C)s1. The highest BCUT2D eigenvalue weighted by atomic mass is 32.1. The van der Waals surface area contributed by atoms with Gasteiger partial charge in [-0.1, -0.05) is 6.42 Å². The van der Waals surface area contributed by atoms with Crippen LogP contribution in [0.15, 0.2) is 0 Å². The molecule has 0 bridgehead atoms. The van der Waals surface area contributed by atoms with Crippen molar-refractivity contribution in [1.82, 2.24) is 10.3 Å². The molecule has 1 aliphatic rings. The summed E-state index contributed by atoms with van der Waals surface area (Å²) in [4.78, 5) is 29.2. The molecule has 1 aromatic rings. The maximum Gasteiger partial charge on any atom is 0.408 e. The van der Waals surface area contributed by atoms with Crippen LogP contribution in [0.4, 0.5) is 4.79 Å². The maximum atomic E-state index is 12.4. The highest BCUT2D eigenvalue weighted by Gasteiger charge is 2.32. The first kappa shape index (κ1) is 18.7. The first-order valence-electron chi connectivity index (χ1n) is 8.30. The van der Waals surface area contributed by atoms with E-state index in [4.69, 9.17) is 9.47 Å². The largest absolute Gasteiger partial charge is 0.456 e. The topological polar surface area (TPSA) is 77.5 Å². The van der Waals surface area contributed by atoms with E-state index in [2.05, 4.69) is 10.3 Å². The molecule has 0 spiro atoms. The number of carbonyl (C=O) groups excluding carboxylic acids is 2. The van der Waals surface area contributed by atoms with Crippen LogP contribution in [-0.2, 0) is 9.47 Å². The molecular weight excluding hydrogens is 328 g/mol. The van der Waals surface area contributed by atoms with Crippen molar-refractivity contribution in [2.45, 2.75) is 78.0 Å². The second kappa shape index (κ2) is 7.51. The molecule has 1 aliphatic carbocycles. The fourth-order valence-electron chi connectivity index (χ4n) is 2.77. The number of thiazole rings is 1. The molecule has 0 saturated heterocycles. The average molecular weight is 354 g/mol. The fourth-order valence-corrected chi connectivity index (χ4v) is 3.58. The fraction of sp³-hybridized carbons (Fsp3) is 0.706. The minimum absolute atomic E-state index is 0.216. The van der Waals surface area contributed by atoms with E-state index in [1.54, 1.807) is 6.92 Å². The summed E-state index contributed by atoms with van der Waals surface area (Å²) in [5, 5.41) is 3.69. The van der Waals surface area contributed by atoms with Crippen LogP contribution in [0.5, 0.6) is 0 Å². The predicted octanol–water partition coefficient (Wildman–Crippen LogP) is 3.75. The Bertz CT molecular complexity index is 606. The first-order chi connectivity index (χ1) is 11.2. The van der Waals surface area contributed by atoms with Gasteiger partial charge in [0.25, 0.3) is 0 Å². The van der Waals surface area contributed by atoms with E-state index in [0.29, 0.717) is 10.6 Å². The number of aromatic nitrogens is 1. The van der Waals surface area contributed by atoms with Crippen molar-refractivity contribution in [2.75, 3.05) is 0 Å². The quantitative estimate of drug-likeness (QED) is 0.837. The van der Waals surface area contributed by atoms with Gasteiger partial charge in [0, 0.05) is 0 Å². The molecule has 2 atom stereocenters. The highest BCUT2D eigenvalue weighted by molar-refractivity contribution is 7.13. The number of hydrogen-bond acceptors (Lipinski definition) is 6. The molecule has 2 rings (SSSR count). The van der Waals surface area contributed by atoms with Gasteiger partial charge in [-0.05, 0) is 53.9 Å². The monoisotopic (exact) mass is 354 g/mol. The number of esters is 1. The Morgan fingerprint density at radius 1 is 1.21 bits per heavy atom. The zero-order valence-corrected chi connectivity index (χ0v) is 15.8. The van der Waals surface area contributed by atoms with Crippen molar-refractivity contribution in [3.8, 4) is 0 Å². The molecule has 7 heteroatoms. The van der Waals surface area contributed by atoms with Crippen molar-refractivity contribution in [3.63, 3.8) is 0 Å². The number of aryl methyl sites for hydroxylation is 2. The van der Waals surface area contributed by atoms with Crippen LogP contribution in [0, 0.1) is 13.8 Å². The Kier molecular flexibility index (Phi) is 5.85. The predicted molar refractivity (Wildman–Crippen MR) is 92.4 cm³/mol. The van der Waals surface area contributed by atoms with Gasteiger partial charge < -0.3 is 14.8 Å². The molecule has 1 fully saturated rings. The summed E-state index contributed by atoms with van der Waals surface area (Å²) in [5.74, 6) is -0.360. The zero-order valence-electron chi connectivity index (χ0n) is 15.0. The van der Waals surface area contributed by atoms with Gasteiger partial charge in [0.1, 0.15) is 16.6 Å². The molecule has 1 N–H and O–H groups in total. The Morgan fingerprint density at radius 2 is 1.88 bits per heavy atom. The average Bonchev–Trinajstić information content (AvgIpc) is 2.78. The van der Waals surface area contributed by atoms with E-state index in [9.17, 15) is 9.59 Å². The number of carbonyl (C=O) groups is 2. The summed E-state index contributed by atoms with van der Waals surface area (Å²) >= 11 is 1.34. The third kappa shape index (κ3) is 5.19. The summed E-state index contributed by atoms with van der Waals surface area (Å²) in [6, 6.07) is -0.216. The van der Waals surface area contributed by atoms with Gasteiger partial charge >= 0.3 is 12.1 Å². The van der Waals surface area contributed by atoms with Crippen LogP contribution in [0.3, 0.4) is 0 Å². The Balaban J connectivity index is 2.00. The van der Waals surface area contributed by atoms with E-state index >= 15 is 0 Å². The molecule has 24 heavy (non-hydrogen) atoms. The standard InChI is InChI=1S/C17H26N2O4S/c1-10-14(24-11(2)18-10)15(20)22-13-9-7-6-8-12(13)19-16(21)23-17(3,4)5/h12-13H,6-9H2,1-5H3,(H,19,21)/t12-,13-/m1/s1. The third-order valence-electron chi connectivity index (χ3n) is 3.75. The minimum atomic E-state index is -0.553. The second-order valence-electron chi connectivity index (χ2n) is 7.13. The number of rotatable bonds is 3. The molecule has 0 aliphatic heterocycles. The lowest BCUT2D eigenvalue weighted by Crippen LogP contribution is -2.48. The number of amides is 1. The molecule has 1 heterocycles. The molecule has 1 saturated carbocycles. The zero-order chi connectivity index (χ0) is 17.9. The summed E-state index contributed by atoms with van der Waals surface area (Å²) in [7, 11) is 0. The summed E-state index contributed by atoms with van der Waals surface area (Å²) in [6.07, 6.45) is 2.68. The summed E-state index contributed by atoms with van der Waals surface area (Å²) in [6.45, 7) is 9.12. The molecule has 0 aromatic carbocycles. The van der Waals surface area contributed by atoms with Crippen molar-refractivity contribution in [1.29, 1.82) is 0 Å². The Morgan fingerprint density at radius 3 is 2.46 bits per heavy atom. The number of hydrogen-bond donors (Lipinski definition) is 1. The summed E-state index contributed by atoms with van der Waals surface area (Å²) < 4.78 is 11.0. The van der Waals surface area contributed by atoms with Crippen molar-refractivity contribution >= 4 is 23.4 Å². The molecule has 0 radical (unpaired) electrons. The second-order valence-corrected chi connectivity index (χ2v) is 8.33. The van der Waals surface area contributed by atoms with Gasteiger partial charge in [0.2, 0.25) is 0 Å². The lowest BCUT2D eigenvalue weighted by molar-refractivity contribution is 0.00466. The van der Waals surface area contributed by atoms with Gasteiger partial charge in [-0.15, -0.1) is 11.3 Å². The van der Waals surface area contributed by atoms with Gasteiger partial charge in [0.05, 0.1) is 16.7 Å². The van der Waals surface area contributed by atoms with Crippen LogP contribution in [0.1, 0.15) is 66.8 Å². The van der Waals surface area contributed by atoms with E-state index in [-0.39, 0.29) is 18.1 Å². The van der Waals surface area contributed by atoms with Crippen molar-refractivity contribution in [3.05, 3.63) is 15.6 Å². The van der Waals surface area contributed by atoms with Crippen LogP contribution in [-0.4, -0.2) is 34.8 Å². The van der Waals surface area contributed by atoms with Gasteiger partial charge in [-0.2, -0.15) is 0 Å². The van der Waals surface area contributed by atoms with Gasteiger partial charge in [-0.3, -0.25) is 0 Å². The Hall–Kier alpha value is -1.63. The van der Waals surface area contributed by atoms with E-state index < -0.39 is 11.7 Å². The smallest absolute Gasteiger partial charge is 0.408 e. The molecule has 134 valence electrons. The lowest BCUT2D eigenvalue weighted by atomic mass is 9.92. The molecular formula is C17H26N2O4S. The van der Waals surface area contributed by atoms with E-state index in [1.165, 1.54) is 11.3 Å². The van der Waals surface area contributed by atoms with E-state index in [0.717, 1.165) is 30.7 Å². The normalized spacial score (nSPS) is 21.2. The molecule has 6 nitrogen and oxygen atoms in total. The molecule has 0 unspecified atom stereocenters. The van der Waals surface area contributed by atoms with Crippen LogP contribution in [0.2, 0.25) is 0 Å². The van der Waals surface area contributed by atoms with Crippen molar-refractivity contribution in [2.24, 2.45) is 0 Å². The first-order valence-corrected chi connectivity index (χ1v) is 9.12.